The molecule has 0 bridgehead atoms. The third-order valence-electron chi connectivity index (χ3n) is 4.49. The molecule has 0 amide bonds. The van der Waals surface area contributed by atoms with Gasteiger partial charge in [0.05, 0.1) is 0 Å². The van der Waals surface area contributed by atoms with Crippen LogP contribution in [0.25, 0.3) is 11.6 Å². The number of rotatable bonds is 5. The molecule has 0 heterocycles. The van der Waals surface area contributed by atoms with Crippen molar-refractivity contribution in [2.24, 2.45) is 0 Å². The van der Waals surface area contributed by atoms with Gasteiger partial charge >= 0.3 is 0 Å². The monoisotopic (exact) mass is 294 g/mol. The first kappa shape index (κ1) is 15.0. The molecule has 1 heteroatoms. The average Bonchev–Trinajstić information content (AvgIpc) is 2.55. The van der Waals surface area contributed by atoms with Gasteiger partial charge in [-0.1, -0.05) is 56.2 Å². The van der Waals surface area contributed by atoms with E-state index in [2.05, 4.69) is 37.3 Å². The van der Waals surface area contributed by atoms with Crippen LogP contribution in [0, 0.1) is 5.82 Å². The van der Waals surface area contributed by atoms with Crippen LogP contribution >= 0.6 is 0 Å². The average molecular weight is 294 g/mol. The molecule has 0 radical (unpaired) electrons. The van der Waals surface area contributed by atoms with Crippen LogP contribution in [-0.4, -0.2) is 0 Å². The minimum atomic E-state index is -0.132. The minimum Gasteiger partial charge on any atom is -0.207 e. The third-order valence-corrected chi connectivity index (χ3v) is 4.49. The first-order valence-electron chi connectivity index (χ1n) is 8.34. The largest absolute Gasteiger partial charge is 0.207 e. The number of unbranched alkanes of at least 4 members (excludes halogenated alkanes) is 2. The first-order chi connectivity index (χ1) is 10.8. The number of halogens is 1. The summed E-state index contributed by atoms with van der Waals surface area (Å²) in [6.07, 6.45) is 9.16. The van der Waals surface area contributed by atoms with E-state index in [0.717, 1.165) is 24.0 Å². The number of benzene rings is 2. The van der Waals surface area contributed by atoms with Crippen LogP contribution in [-0.2, 0) is 12.8 Å². The topological polar surface area (TPSA) is 0 Å². The zero-order chi connectivity index (χ0) is 15.4. The fourth-order valence-corrected chi connectivity index (χ4v) is 3.15. The van der Waals surface area contributed by atoms with Crippen molar-refractivity contribution in [2.75, 3.05) is 0 Å². The molecular weight excluding hydrogens is 271 g/mol. The Morgan fingerprint density at radius 1 is 0.955 bits per heavy atom. The Hall–Kier alpha value is -1.89. The Kier molecular flexibility index (Phi) is 4.72. The lowest BCUT2D eigenvalue weighted by molar-refractivity contribution is 0.625. The van der Waals surface area contributed by atoms with Gasteiger partial charge in [-0.25, -0.2) is 4.39 Å². The van der Waals surface area contributed by atoms with E-state index >= 15 is 0 Å². The molecule has 0 aliphatic heterocycles. The summed E-state index contributed by atoms with van der Waals surface area (Å²) < 4.78 is 13.3. The highest BCUT2D eigenvalue weighted by atomic mass is 19.1. The lowest BCUT2D eigenvalue weighted by Crippen LogP contribution is -2.00. The van der Waals surface area contributed by atoms with Crippen molar-refractivity contribution in [1.82, 2.24) is 0 Å². The summed E-state index contributed by atoms with van der Waals surface area (Å²) in [6.45, 7) is 2.24. The van der Waals surface area contributed by atoms with Gasteiger partial charge in [0.25, 0.3) is 0 Å². The van der Waals surface area contributed by atoms with Gasteiger partial charge in [0, 0.05) is 0 Å². The zero-order valence-electron chi connectivity index (χ0n) is 13.2. The molecular formula is C21H23F. The van der Waals surface area contributed by atoms with Crippen LogP contribution in [0.1, 0.15) is 54.9 Å². The quantitative estimate of drug-likeness (QED) is 0.589. The van der Waals surface area contributed by atoms with Crippen molar-refractivity contribution in [2.45, 2.75) is 45.4 Å². The van der Waals surface area contributed by atoms with E-state index in [-0.39, 0.29) is 5.82 Å². The molecule has 0 aromatic heterocycles. The summed E-state index contributed by atoms with van der Waals surface area (Å²) in [5.74, 6) is -0.132. The Balaban J connectivity index is 1.76. The van der Waals surface area contributed by atoms with Crippen LogP contribution in [0.3, 0.4) is 0 Å². The van der Waals surface area contributed by atoms with Gasteiger partial charge in [-0.15, -0.1) is 0 Å². The number of hydrogen-bond acceptors (Lipinski definition) is 0. The number of allylic oxidation sites excluding steroid dienone is 1. The summed E-state index contributed by atoms with van der Waals surface area (Å²) in [7, 11) is 0. The highest BCUT2D eigenvalue weighted by Crippen LogP contribution is 2.30. The molecule has 22 heavy (non-hydrogen) atoms. The van der Waals surface area contributed by atoms with E-state index in [0.29, 0.717) is 0 Å². The van der Waals surface area contributed by atoms with Crippen molar-refractivity contribution in [1.29, 1.82) is 0 Å². The van der Waals surface area contributed by atoms with E-state index in [1.54, 1.807) is 12.1 Å². The molecule has 1 aliphatic rings. The van der Waals surface area contributed by atoms with E-state index in [4.69, 9.17) is 0 Å². The van der Waals surface area contributed by atoms with Gasteiger partial charge in [0.2, 0.25) is 0 Å². The number of fused-ring (bicyclic) bond motifs is 1. The molecule has 0 atom stereocenters. The van der Waals surface area contributed by atoms with Crippen molar-refractivity contribution >= 4 is 11.6 Å². The number of hydrogen-bond donors (Lipinski definition) is 0. The maximum Gasteiger partial charge on any atom is 0.123 e. The first-order valence-corrected chi connectivity index (χ1v) is 8.34. The summed E-state index contributed by atoms with van der Waals surface area (Å²) in [4.78, 5) is 0. The summed E-state index contributed by atoms with van der Waals surface area (Å²) in [6, 6.07) is 14.1. The smallest absolute Gasteiger partial charge is 0.123 e. The predicted octanol–water partition coefficient (Wildman–Crippen LogP) is 6.05. The SMILES string of the molecule is CCCCCc1ccc(C2=Cc3ccc(F)cc3CC2)cc1. The second kappa shape index (κ2) is 6.91. The summed E-state index contributed by atoms with van der Waals surface area (Å²) in [5.41, 5.74) is 6.37. The van der Waals surface area contributed by atoms with E-state index in [9.17, 15) is 4.39 Å². The Labute approximate surface area is 132 Å². The molecule has 1 aliphatic carbocycles. The molecule has 0 saturated heterocycles. The predicted molar refractivity (Wildman–Crippen MR) is 92.3 cm³/mol. The normalized spacial score (nSPS) is 13.6. The second-order valence-electron chi connectivity index (χ2n) is 6.17. The molecule has 114 valence electrons. The molecule has 0 fully saturated rings. The minimum absolute atomic E-state index is 0.132. The lowest BCUT2D eigenvalue weighted by Gasteiger charge is -2.17. The van der Waals surface area contributed by atoms with Crippen molar-refractivity contribution in [3.63, 3.8) is 0 Å². The molecule has 2 aromatic carbocycles. The molecule has 0 N–H and O–H groups in total. The van der Waals surface area contributed by atoms with Gasteiger partial charge < -0.3 is 0 Å². The lowest BCUT2D eigenvalue weighted by atomic mass is 9.88. The Morgan fingerprint density at radius 2 is 1.77 bits per heavy atom. The Morgan fingerprint density at radius 3 is 2.55 bits per heavy atom. The summed E-state index contributed by atoms with van der Waals surface area (Å²) in [5, 5.41) is 0. The fraction of sp³-hybridized carbons (Fsp3) is 0.333. The standard InChI is InChI=1S/C21H23F/c1-2-3-4-5-16-6-8-17(9-7-16)18-10-11-20-15-21(22)13-12-19(20)14-18/h6-9,12-15H,2-5,10-11H2,1H3. The Bertz CT molecular complexity index is 665. The van der Waals surface area contributed by atoms with E-state index in [1.807, 2.05) is 6.07 Å². The van der Waals surface area contributed by atoms with Crippen molar-refractivity contribution in [3.8, 4) is 0 Å². The van der Waals surface area contributed by atoms with Gasteiger partial charge in [-0.2, -0.15) is 0 Å². The molecule has 2 aromatic rings. The molecule has 0 unspecified atom stereocenters. The third kappa shape index (κ3) is 3.47. The van der Waals surface area contributed by atoms with Gasteiger partial charge in [-0.05, 0) is 65.6 Å². The second-order valence-corrected chi connectivity index (χ2v) is 6.17. The van der Waals surface area contributed by atoms with Crippen LogP contribution in [0.4, 0.5) is 4.39 Å². The van der Waals surface area contributed by atoms with Crippen molar-refractivity contribution < 1.29 is 4.39 Å². The van der Waals surface area contributed by atoms with Crippen LogP contribution < -0.4 is 0 Å². The van der Waals surface area contributed by atoms with Crippen LogP contribution in [0.2, 0.25) is 0 Å². The van der Waals surface area contributed by atoms with Crippen molar-refractivity contribution in [3.05, 3.63) is 70.5 Å². The van der Waals surface area contributed by atoms with E-state index < -0.39 is 0 Å². The van der Waals surface area contributed by atoms with E-state index in [1.165, 1.54) is 42.4 Å². The van der Waals surface area contributed by atoms with Crippen LogP contribution in [0.5, 0.6) is 0 Å². The maximum atomic E-state index is 13.3. The molecule has 0 nitrogen and oxygen atoms in total. The van der Waals surface area contributed by atoms with Gasteiger partial charge in [0.15, 0.2) is 0 Å². The molecule has 0 saturated carbocycles. The van der Waals surface area contributed by atoms with Gasteiger partial charge in [-0.3, -0.25) is 0 Å². The zero-order valence-corrected chi connectivity index (χ0v) is 13.2. The maximum absolute atomic E-state index is 13.3. The highest BCUT2D eigenvalue weighted by Gasteiger charge is 2.12. The fourth-order valence-electron chi connectivity index (χ4n) is 3.15. The molecule has 3 rings (SSSR count). The van der Waals surface area contributed by atoms with Gasteiger partial charge in [0.1, 0.15) is 5.82 Å². The highest BCUT2D eigenvalue weighted by molar-refractivity contribution is 5.84. The molecule has 0 spiro atoms. The summed E-state index contributed by atoms with van der Waals surface area (Å²) >= 11 is 0. The van der Waals surface area contributed by atoms with Crippen LogP contribution in [0.15, 0.2) is 42.5 Å². The number of aryl methyl sites for hydroxylation is 2.